The van der Waals surface area contributed by atoms with E-state index in [4.69, 9.17) is 22.1 Å². The van der Waals surface area contributed by atoms with Crippen molar-refractivity contribution in [1.29, 1.82) is 0 Å². The Bertz CT molecular complexity index is 1760. The number of hydroxylamine groups is 1. The van der Waals surface area contributed by atoms with E-state index in [1.165, 1.54) is 24.3 Å². The number of nitrogens with zero attached hydrogens (tertiary/aromatic N) is 2. The Hall–Kier alpha value is -3.63. The summed E-state index contributed by atoms with van der Waals surface area (Å²) < 4.78 is 107. The molecule has 1 atom stereocenters. The van der Waals surface area contributed by atoms with Crippen LogP contribution in [0.3, 0.4) is 0 Å². The molecule has 0 aromatic heterocycles. The van der Waals surface area contributed by atoms with Crippen LogP contribution in [0.4, 0.5) is 22.0 Å². The molecular weight excluding hydrogens is 721 g/mol. The molecule has 1 aliphatic carbocycles. The number of likely N-dealkylation sites (tertiary alicyclic amines) is 1. The first-order valence-corrected chi connectivity index (χ1v) is 18.2. The van der Waals surface area contributed by atoms with Crippen molar-refractivity contribution in [2.45, 2.75) is 80.1 Å². The van der Waals surface area contributed by atoms with E-state index in [-0.39, 0.29) is 32.0 Å². The van der Waals surface area contributed by atoms with Crippen LogP contribution in [0.5, 0.6) is 0 Å². The summed E-state index contributed by atoms with van der Waals surface area (Å²) in [5.74, 6) is -9.22. The lowest BCUT2D eigenvalue weighted by Gasteiger charge is -2.38. The average molecular weight is 758 g/mol. The molecule has 0 spiro atoms. The van der Waals surface area contributed by atoms with E-state index in [0.717, 1.165) is 54.8 Å². The zero-order valence-corrected chi connectivity index (χ0v) is 28.9. The molecule has 2 N–H and O–H groups in total. The van der Waals surface area contributed by atoms with Crippen molar-refractivity contribution in [2.75, 3.05) is 19.7 Å². The Morgan fingerprint density at radius 3 is 1.96 bits per heavy atom. The molecular formula is C35H37ClF5N3O6S. The molecule has 51 heavy (non-hydrogen) atoms. The fourth-order valence-electron chi connectivity index (χ4n) is 6.06. The van der Waals surface area contributed by atoms with Crippen LogP contribution in [0, 0.1) is 0 Å². The topological polar surface area (TPSA) is 119 Å². The van der Waals surface area contributed by atoms with Crippen molar-refractivity contribution in [3.8, 4) is 11.1 Å². The Morgan fingerprint density at radius 1 is 0.863 bits per heavy atom. The van der Waals surface area contributed by atoms with Gasteiger partial charge in [0.2, 0.25) is 6.04 Å². The number of sulfonamides is 1. The summed E-state index contributed by atoms with van der Waals surface area (Å²) in [6.45, 7) is -0.0627. The first-order chi connectivity index (χ1) is 24.1. The van der Waals surface area contributed by atoms with Crippen LogP contribution in [0.15, 0.2) is 77.7 Å². The van der Waals surface area contributed by atoms with Gasteiger partial charge in [-0.3, -0.25) is 4.79 Å². The normalized spacial score (nSPS) is 17.1. The summed E-state index contributed by atoms with van der Waals surface area (Å²) in [7, 11) is -5.55. The molecule has 1 aliphatic heterocycles. The van der Waals surface area contributed by atoms with Gasteiger partial charge < -0.3 is 20.2 Å². The number of carbonyl (C=O) groups excluding carboxylic acids is 2. The van der Waals surface area contributed by atoms with Gasteiger partial charge in [0.25, 0.3) is 15.9 Å². The predicted molar refractivity (Wildman–Crippen MR) is 178 cm³/mol. The number of amides is 1. The third-order valence-electron chi connectivity index (χ3n) is 9.00. The zero-order valence-electron chi connectivity index (χ0n) is 27.3. The summed E-state index contributed by atoms with van der Waals surface area (Å²) in [6, 6.07) is 11.7. The van der Waals surface area contributed by atoms with Crippen LogP contribution in [-0.2, 0) is 41.5 Å². The number of piperidine rings is 1. The molecule has 1 amide bonds. The standard InChI is InChI=1S/C35H37ClF5N3O6S/c36-27-13-9-25(10-14-27)24-7-11-26(12-8-24)34(37,38)31(32(45)43-20-17-28(42)18-21-43)44(50-33(46)35(39,40)41)51(47,48)30-15-5-23(6-16-30)19-22-49-29-3-1-2-4-29/h5-16,28-29,31H,1-4,17-22,42H2/t31-/m1/s1. The molecule has 3 aromatic rings. The van der Waals surface area contributed by atoms with Gasteiger partial charge in [0.05, 0.1) is 17.6 Å². The lowest BCUT2D eigenvalue weighted by molar-refractivity contribution is -0.239. The lowest BCUT2D eigenvalue weighted by Crippen LogP contribution is -2.60. The fourth-order valence-corrected chi connectivity index (χ4v) is 7.54. The minimum absolute atomic E-state index is 0.127. The van der Waals surface area contributed by atoms with E-state index >= 15 is 8.78 Å². The molecule has 5 rings (SSSR count). The highest BCUT2D eigenvalue weighted by Crippen LogP contribution is 2.40. The molecule has 0 bridgehead atoms. The minimum Gasteiger partial charge on any atom is -0.378 e. The second-order valence-corrected chi connectivity index (χ2v) is 14.8. The van der Waals surface area contributed by atoms with Crippen molar-refractivity contribution in [1.82, 2.24) is 9.37 Å². The largest absolute Gasteiger partial charge is 0.492 e. The molecule has 276 valence electrons. The Labute approximate surface area is 297 Å². The second-order valence-electron chi connectivity index (χ2n) is 12.6. The van der Waals surface area contributed by atoms with Crippen LogP contribution in [0.25, 0.3) is 11.1 Å². The summed E-state index contributed by atoms with van der Waals surface area (Å²) in [5, 5.41) is 0.430. The van der Waals surface area contributed by atoms with E-state index < -0.39 is 61.0 Å². The van der Waals surface area contributed by atoms with Gasteiger partial charge in [-0.15, -0.1) is 0 Å². The predicted octanol–water partition coefficient (Wildman–Crippen LogP) is 6.63. The van der Waals surface area contributed by atoms with Gasteiger partial charge >= 0.3 is 18.1 Å². The molecule has 0 radical (unpaired) electrons. The van der Waals surface area contributed by atoms with Crippen LogP contribution in [-0.4, -0.2) is 73.7 Å². The molecule has 0 unspecified atom stereocenters. The number of carbonyl (C=O) groups is 2. The number of nitrogens with two attached hydrogens (primary N) is 1. The summed E-state index contributed by atoms with van der Waals surface area (Å²) in [6.07, 6.45) is -1.01. The van der Waals surface area contributed by atoms with Gasteiger partial charge in [0.15, 0.2) is 0 Å². The van der Waals surface area contributed by atoms with Crippen LogP contribution in [0.1, 0.15) is 49.7 Å². The SMILES string of the molecule is NC1CCN(C(=O)[C@@H](N(OC(=O)C(F)(F)F)S(=O)(=O)c2ccc(CCOC3CCCC3)cc2)C(F)(F)c2ccc(-c3ccc(Cl)cc3)cc2)CC1. The maximum absolute atomic E-state index is 16.8. The maximum atomic E-state index is 16.8. The summed E-state index contributed by atoms with van der Waals surface area (Å²) in [5.41, 5.74) is 6.61. The Balaban J connectivity index is 1.53. The highest BCUT2D eigenvalue weighted by Gasteiger charge is 2.58. The number of rotatable bonds is 12. The third kappa shape index (κ3) is 9.24. The Morgan fingerprint density at radius 2 is 1.41 bits per heavy atom. The van der Waals surface area contributed by atoms with Crippen molar-refractivity contribution in [3.05, 3.63) is 88.9 Å². The van der Waals surface area contributed by atoms with Crippen molar-refractivity contribution < 1.29 is 49.5 Å². The first kappa shape index (κ1) is 38.6. The molecule has 1 heterocycles. The van der Waals surface area contributed by atoms with Crippen molar-refractivity contribution >= 4 is 33.5 Å². The lowest BCUT2D eigenvalue weighted by atomic mass is 9.96. The van der Waals surface area contributed by atoms with Crippen LogP contribution < -0.4 is 5.73 Å². The summed E-state index contributed by atoms with van der Waals surface area (Å²) >= 11 is 5.94. The first-order valence-electron chi connectivity index (χ1n) is 16.4. The highest BCUT2D eigenvalue weighted by atomic mass is 35.5. The molecule has 1 saturated carbocycles. The smallest absolute Gasteiger partial charge is 0.378 e. The van der Waals surface area contributed by atoms with Crippen molar-refractivity contribution in [2.24, 2.45) is 5.73 Å². The minimum atomic E-state index is -5.81. The number of hydrogen-bond donors (Lipinski definition) is 1. The highest BCUT2D eigenvalue weighted by molar-refractivity contribution is 7.89. The van der Waals surface area contributed by atoms with E-state index in [1.54, 1.807) is 24.3 Å². The quantitative estimate of drug-likeness (QED) is 0.163. The number of hydrogen-bond acceptors (Lipinski definition) is 7. The van der Waals surface area contributed by atoms with Crippen LogP contribution >= 0.6 is 11.6 Å². The number of alkyl halides is 5. The average Bonchev–Trinajstić information content (AvgIpc) is 3.62. The van der Waals surface area contributed by atoms with Crippen LogP contribution in [0.2, 0.25) is 5.02 Å². The van der Waals surface area contributed by atoms with Gasteiger partial charge in [0.1, 0.15) is 0 Å². The van der Waals surface area contributed by atoms with Gasteiger partial charge in [-0.2, -0.15) is 22.0 Å². The van der Waals surface area contributed by atoms with Gasteiger partial charge in [-0.1, -0.05) is 73.0 Å². The van der Waals surface area contributed by atoms with E-state index in [9.17, 15) is 31.2 Å². The summed E-state index contributed by atoms with van der Waals surface area (Å²) in [4.78, 5) is 30.6. The van der Waals surface area contributed by atoms with Gasteiger partial charge in [0, 0.05) is 29.7 Å². The van der Waals surface area contributed by atoms with Gasteiger partial charge in [-0.05, 0) is 77.5 Å². The van der Waals surface area contributed by atoms with Crippen molar-refractivity contribution in [3.63, 3.8) is 0 Å². The number of benzene rings is 3. The molecule has 16 heteroatoms. The molecule has 3 aromatic carbocycles. The van der Waals surface area contributed by atoms with E-state index in [2.05, 4.69) is 4.84 Å². The fraction of sp³-hybridized carbons (Fsp3) is 0.429. The molecule has 9 nitrogen and oxygen atoms in total. The zero-order chi connectivity index (χ0) is 37.0. The monoisotopic (exact) mass is 757 g/mol. The number of halogens is 6. The maximum Gasteiger partial charge on any atom is 0.492 e. The molecule has 1 saturated heterocycles. The molecule has 2 aliphatic rings. The van der Waals surface area contributed by atoms with E-state index in [0.29, 0.717) is 34.7 Å². The molecule has 2 fully saturated rings. The third-order valence-corrected chi connectivity index (χ3v) is 10.9. The second kappa shape index (κ2) is 15.9. The Kier molecular flexibility index (Phi) is 12.1. The number of ether oxygens (including phenoxy) is 1. The van der Waals surface area contributed by atoms with E-state index in [1.807, 2.05) is 0 Å². The van der Waals surface area contributed by atoms with Gasteiger partial charge in [-0.25, -0.2) is 13.2 Å².